The van der Waals surface area contributed by atoms with Crippen molar-refractivity contribution in [2.75, 3.05) is 5.75 Å². The number of imide groups is 1. The number of carbonyl (C=O) groups is 3. The number of urea groups is 1. The minimum absolute atomic E-state index is 0.130. The van der Waals surface area contributed by atoms with Crippen molar-refractivity contribution in [2.45, 2.75) is 55.9 Å². The summed E-state index contributed by atoms with van der Waals surface area (Å²) in [5, 5.41) is 11.4. The van der Waals surface area contributed by atoms with E-state index in [1.165, 1.54) is 24.3 Å². The zero-order chi connectivity index (χ0) is 22.7. The van der Waals surface area contributed by atoms with Crippen LogP contribution in [0.5, 0.6) is 5.75 Å². The van der Waals surface area contributed by atoms with Crippen LogP contribution in [0.4, 0.5) is 9.18 Å². The van der Waals surface area contributed by atoms with Crippen molar-refractivity contribution in [3.63, 3.8) is 0 Å². The number of benzene rings is 1. The van der Waals surface area contributed by atoms with Gasteiger partial charge in [-0.2, -0.15) is 5.01 Å². The first-order valence-corrected chi connectivity index (χ1v) is 11.2. The van der Waals surface area contributed by atoms with Crippen LogP contribution in [-0.4, -0.2) is 44.3 Å². The standard InChI is InChI=1S/C20H22FN5O5S/c1-12(30-14-7-5-13(21)6-8-14)16-23-24-19(31-16)32-11-15(27)25-26-17(28)20(22-18(26)29)9-3-2-4-10-20/h5-8,12H,2-4,9-11H2,1H3,(H,22,29)(H,25,27). The van der Waals surface area contributed by atoms with Crippen LogP contribution < -0.4 is 15.5 Å². The Kier molecular flexibility index (Phi) is 6.31. The number of thioether (sulfide) groups is 1. The second kappa shape index (κ2) is 9.15. The summed E-state index contributed by atoms with van der Waals surface area (Å²) < 4.78 is 24.1. The Morgan fingerprint density at radius 3 is 2.72 bits per heavy atom. The van der Waals surface area contributed by atoms with Crippen LogP contribution in [0, 0.1) is 5.82 Å². The fraction of sp³-hybridized carbons (Fsp3) is 0.450. The first kappa shape index (κ1) is 22.1. The highest BCUT2D eigenvalue weighted by atomic mass is 32.2. The monoisotopic (exact) mass is 463 g/mol. The molecule has 1 atom stereocenters. The summed E-state index contributed by atoms with van der Waals surface area (Å²) in [5.74, 6) is -0.866. The molecule has 1 saturated carbocycles. The molecular formula is C20H22FN5O5S. The molecule has 2 heterocycles. The zero-order valence-electron chi connectivity index (χ0n) is 17.3. The van der Waals surface area contributed by atoms with Gasteiger partial charge in [0, 0.05) is 0 Å². The van der Waals surface area contributed by atoms with E-state index in [9.17, 15) is 18.8 Å². The molecule has 1 spiro atoms. The third-order valence-corrected chi connectivity index (χ3v) is 6.15. The van der Waals surface area contributed by atoms with E-state index in [1.54, 1.807) is 6.92 Å². The molecule has 10 nitrogen and oxygen atoms in total. The summed E-state index contributed by atoms with van der Waals surface area (Å²) in [6.07, 6.45) is 3.28. The van der Waals surface area contributed by atoms with Crippen molar-refractivity contribution in [2.24, 2.45) is 0 Å². The van der Waals surface area contributed by atoms with Crippen LogP contribution >= 0.6 is 11.8 Å². The van der Waals surface area contributed by atoms with Gasteiger partial charge in [-0.1, -0.05) is 31.0 Å². The Morgan fingerprint density at radius 1 is 1.28 bits per heavy atom. The molecule has 1 saturated heterocycles. The molecule has 170 valence electrons. The number of aromatic nitrogens is 2. The van der Waals surface area contributed by atoms with Crippen LogP contribution in [0.15, 0.2) is 33.9 Å². The van der Waals surface area contributed by atoms with Crippen LogP contribution in [0.2, 0.25) is 0 Å². The predicted molar refractivity (Wildman–Crippen MR) is 110 cm³/mol. The second-order valence-electron chi connectivity index (χ2n) is 7.66. The smallest absolute Gasteiger partial charge is 0.344 e. The van der Waals surface area contributed by atoms with E-state index in [4.69, 9.17) is 9.15 Å². The molecular weight excluding hydrogens is 441 g/mol. The minimum Gasteiger partial charge on any atom is -0.481 e. The van der Waals surface area contributed by atoms with Gasteiger partial charge in [-0.3, -0.25) is 15.0 Å². The maximum atomic E-state index is 13.0. The number of nitrogens with zero attached hydrogens (tertiary/aromatic N) is 3. The van der Waals surface area contributed by atoms with Crippen molar-refractivity contribution in [1.29, 1.82) is 0 Å². The predicted octanol–water partition coefficient (Wildman–Crippen LogP) is 2.73. The van der Waals surface area contributed by atoms with Gasteiger partial charge < -0.3 is 14.5 Å². The number of halogens is 1. The first-order valence-electron chi connectivity index (χ1n) is 10.2. The van der Waals surface area contributed by atoms with Gasteiger partial charge in [-0.25, -0.2) is 9.18 Å². The van der Waals surface area contributed by atoms with E-state index in [-0.39, 0.29) is 22.7 Å². The van der Waals surface area contributed by atoms with Crippen molar-refractivity contribution in [3.05, 3.63) is 36.0 Å². The molecule has 12 heteroatoms. The molecule has 32 heavy (non-hydrogen) atoms. The summed E-state index contributed by atoms with van der Waals surface area (Å²) in [4.78, 5) is 37.2. The van der Waals surface area contributed by atoms with E-state index in [0.29, 0.717) is 18.6 Å². The number of ether oxygens (including phenoxy) is 1. The van der Waals surface area contributed by atoms with Crippen LogP contribution in [0.1, 0.15) is 51.0 Å². The Balaban J connectivity index is 1.28. The lowest BCUT2D eigenvalue weighted by Crippen LogP contribution is -2.51. The zero-order valence-corrected chi connectivity index (χ0v) is 18.1. The van der Waals surface area contributed by atoms with Gasteiger partial charge in [-0.15, -0.1) is 10.2 Å². The molecule has 0 radical (unpaired) electrons. The molecule has 2 aliphatic rings. The van der Waals surface area contributed by atoms with Crippen molar-refractivity contribution >= 4 is 29.6 Å². The summed E-state index contributed by atoms with van der Waals surface area (Å²) in [6, 6.07) is 4.89. The fourth-order valence-electron chi connectivity index (χ4n) is 3.71. The van der Waals surface area contributed by atoms with Crippen LogP contribution in [0.25, 0.3) is 0 Å². The van der Waals surface area contributed by atoms with E-state index in [1.807, 2.05) is 0 Å². The molecule has 0 bridgehead atoms. The number of nitrogens with one attached hydrogen (secondary N) is 2. The van der Waals surface area contributed by atoms with Gasteiger partial charge in [0.25, 0.3) is 17.0 Å². The molecule has 2 N–H and O–H groups in total. The summed E-state index contributed by atoms with van der Waals surface area (Å²) in [5.41, 5.74) is 1.45. The van der Waals surface area contributed by atoms with E-state index in [0.717, 1.165) is 36.0 Å². The van der Waals surface area contributed by atoms with E-state index in [2.05, 4.69) is 20.9 Å². The molecule has 1 aliphatic carbocycles. The maximum Gasteiger partial charge on any atom is 0.344 e. The lowest BCUT2D eigenvalue weighted by atomic mass is 9.82. The SMILES string of the molecule is CC(Oc1ccc(F)cc1)c1nnc(SCC(=O)NN2C(=O)NC3(CCCCC3)C2=O)o1. The second-order valence-corrected chi connectivity index (χ2v) is 8.58. The number of hydrazine groups is 1. The number of rotatable bonds is 7. The Labute approximate surface area is 187 Å². The average Bonchev–Trinajstić information content (AvgIpc) is 3.34. The molecule has 2 aromatic rings. The minimum atomic E-state index is -0.905. The number of amides is 4. The molecule has 4 rings (SSSR count). The average molecular weight is 463 g/mol. The largest absolute Gasteiger partial charge is 0.481 e. The lowest BCUT2D eigenvalue weighted by molar-refractivity contribution is -0.139. The van der Waals surface area contributed by atoms with Gasteiger partial charge in [0.2, 0.25) is 5.91 Å². The maximum absolute atomic E-state index is 13.0. The first-order chi connectivity index (χ1) is 15.4. The highest BCUT2D eigenvalue weighted by Gasteiger charge is 2.52. The van der Waals surface area contributed by atoms with Crippen LogP contribution in [-0.2, 0) is 9.59 Å². The number of hydrogen-bond acceptors (Lipinski definition) is 8. The lowest BCUT2D eigenvalue weighted by Gasteiger charge is -2.30. The van der Waals surface area contributed by atoms with Crippen molar-refractivity contribution < 1.29 is 27.9 Å². The molecule has 1 unspecified atom stereocenters. The summed E-state index contributed by atoms with van der Waals surface area (Å²) >= 11 is 0.961. The highest BCUT2D eigenvalue weighted by molar-refractivity contribution is 7.99. The van der Waals surface area contributed by atoms with Crippen molar-refractivity contribution in [1.82, 2.24) is 25.9 Å². The van der Waals surface area contributed by atoms with Crippen molar-refractivity contribution in [3.8, 4) is 5.75 Å². The van der Waals surface area contributed by atoms with Gasteiger partial charge in [0.05, 0.1) is 5.75 Å². The Bertz CT molecular complexity index is 1010. The van der Waals surface area contributed by atoms with E-state index < -0.39 is 29.5 Å². The van der Waals surface area contributed by atoms with Gasteiger partial charge in [-0.05, 0) is 44.0 Å². The molecule has 4 amide bonds. The highest BCUT2D eigenvalue weighted by Crippen LogP contribution is 2.33. The van der Waals surface area contributed by atoms with Gasteiger partial charge >= 0.3 is 6.03 Å². The van der Waals surface area contributed by atoms with E-state index >= 15 is 0 Å². The third kappa shape index (κ3) is 4.69. The summed E-state index contributed by atoms with van der Waals surface area (Å²) in [6.45, 7) is 1.69. The Morgan fingerprint density at radius 2 is 2.00 bits per heavy atom. The Hall–Kier alpha value is -3.15. The molecule has 1 aromatic heterocycles. The normalized spacial score (nSPS) is 18.5. The van der Waals surface area contributed by atoms with Gasteiger partial charge in [0.15, 0.2) is 6.10 Å². The van der Waals surface area contributed by atoms with Gasteiger partial charge in [0.1, 0.15) is 17.1 Å². The number of carbonyl (C=O) groups excluding carboxylic acids is 3. The fourth-order valence-corrected chi connectivity index (χ4v) is 4.27. The third-order valence-electron chi connectivity index (χ3n) is 5.33. The molecule has 1 aliphatic heterocycles. The molecule has 1 aromatic carbocycles. The molecule has 2 fully saturated rings. The number of hydrogen-bond donors (Lipinski definition) is 2. The van der Waals surface area contributed by atoms with Crippen LogP contribution in [0.3, 0.4) is 0 Å². The quantitative estimate of drug-likeness (QED) is 0.474. The topological polar surface area (TPSA) is 127 Å². The summed E-state index contributed by atoms with van der Waals surface area (Å²) in [7, 11) is 0.